The number of likely N-dealkylation sites (N-methyl/N-ethyl adjacent to an activating group) is 1. The van der Waals surface area contributed by atoms with Gasteiger partial charge >= 0.3 is 0 Å². The normalized spacial score (nSPS) is 16.5. The maximum atomic E-state index is 12.9. The summed E-state index contributed by atoms with van der Waals surface area (Å²) in [4.78, 5) is 15.4. The van der Waals surface area contributed by atoms with Crippen LogP contribution in [0.15, 0.2) is 46.0 Å². The van der Waals surface area contributed by atoms with Crippen molar-refractivity contribution in [2.75, 3.05) is 39.8 Å². The molecule has 7 nitrogen and oxygen atoms in total. The summed E-state index contributed by atoms with van der Waals surface area (Å²) in [5.41, 5.74) is 1.35. The van der Waals surface area contributed by atoms with Crippen LogP contribution in [0.3, 0.4) is 0 Å². The van der Waals surface area contributed by atoms with Gasteiger partial charge in [0.2, 0.25) is 10.0 Å². The molecule has 1 fully saturated rings. The van der Waals surface area contributed by atoms with Crippen molar-refractivity contribution >= 4 is 27.3 Å². The highest BCUT2D eigenvalue weighted by Crippen LogP contribution is 2.21. The van der Waals surface area contributed by atoms with Gasteiger partial charge in [-0.25, -0.2) is 8.42 Å². The monoisotopic (exact) mass is 419 g/mol. The molecule has 28 heavy (non-hydrogen) atoms. The smallest absolute Gasteiger partial charge is 0.277 e. The van der Waals surface area contributed by atoms with Crippen LogP contribution in [0.2, 0.25) is 0 Å². The Balaban J connectivity index is 1.58. The molecule has 1 atom stereocenters. The summed E-state index contributed by atoms with van der Waals surface area (Å²) in [6.45, 7) is 2.35. The molecule has 9 heteroatoms. The second kappa shape index (κ2) is 8.84. The van der Waals surface area contributed by atoms with E-state index >= 15 is 0 Å². The molecular weight excluding hydrogens is 396 g/mol. The lowest BCUT2D eigenvalue weighted by Crippen LogP contribution is -3.08. The van der Waals surface area contributed by atoms with Crippen LogP contribution in [0.4, 0.5) is 0 Å². The van der Waals surface area contributed by atoms with Crippen LogP contribution in [0, 0.1) is 11.3 Å². The van der Waals surface area contributed by atoms with E-state index in [0.717, 1.165) is 11.4 Å². The van der Waals surface area contributed by atoms with E-state index in [-0.39, 0.29) is 29.5 Å². The molecule has 1 saturated heterocycles. The van der Waals surface area contributed by atoms with Crippen molar-refractivity contribution in [1.29, 1.82) is 5.26 Å². The maximum Gasteiger partial charge on any atom is 0.277 e. The number of piperazine rings is 1. The molecule has 3 rings (SSSR count). The van der Waals surface area contributed by atoms with Crippen LogP contribution >= 0.6 is 11.3 Å². The Morgan fingerprint density at radius 3 is 2.57 bits per heavy atom. The molecule has 2 heterocycles. The van der Waals surface area contributed by atoms with Crippen molar-refractivity contribution in [3.8, 4) is 6.07 Å². The standard InChI is InChI=1S/C19H22N4O3S2/c1-21(13-16-6-11-27-15-16)14-19(24)22-7-9-23(10-8-22)28(25,26)18-5-3-2-4-17(18)12-20/h2-6,11,15H,7-10,13-14H2,1H3/p+1. The Kier molecular flexibility index (Phi) is 6.46. The third-order valence-electron chi connectivity index (χ3n) is 4.76. The van der Waals surface area contributed by atoms with Crippen molar-refractivity contribution in [1.82, 2.24) is 9.21 Å². The van der Waals surface area contributed by atoms with Gasteiger partial charge < -0.3 is 9.80 Å². The predicted octanol–water partition coefficient (Wildman–Crippen LogP) is 0.168. The minimum atomic E-state index is -3.74. The largest absolute Gasteiger partial charge is 0.335 e. The molecule has 1 aliphatic heterocycles. The fourth-order valence-electron chi connectivity index (χ4n) is 3.28. The van der Waals surface area contributed by atoms with Crippen LogP contribution < -0.4 is 4.90 Å². The van der Waals surface area contributed by atoms with E-state index < -0.39 is 10.0 Å². The number of hydrogen-bond donors (Lipinski definition) is 1. The van der Waals surface area contributed by atoms with Crippen LogP contribution in [-0.2, 0) is 21.4 Å². The number of hydrogen-bond acceptors (Lipinski definition) is 5. The Hall–Kier alpha value is -2.25. The first-order valence-corrected chi connectivity index (χ1v) is 11.4. The molecule has 1 aromatic heterocycles. The van der Waals surface area contributed by atoms with Gasteiger partial charge in [-0.2, -0.15) is 20.9 Å². The molecule has 1 amide bonds. The number of rotatable bonds is 6. The van der Waals surface area contributed by atoms with E-state index in [9.17, 15) is 18.5 Å². The molecule has 0 radical (unpaired) electrons. The molecule has 0 spiro atoms. The quantitative estimate of drug-likeness (QED) is 0.723. The zero-order chi connectivity index (χ0) is 20.1. The van der Waals surface area contributed by atoms with Crippen molar-refractivity contribution in [2.45, 2.75) is 11.4 Å². The topological polar surface area (TPSA) is 85.9 Å². The first-order valence-electron chi connectivity index (χ1n) is 9.01. The molecule has 2 aromatic rings. The zero-order valence-electron chi connectivity index (χ0n) is 15.7. The van der Waals surface area contributed by atoms with Gasteiger partial charge in [0.05, 0.1) is 17.5 Å². The average molecular weight is 420 g/mol. The van der Waals surface area contributed by atoms with Crippen molar-refractivity contribution in [3.05, 3.63) is 52.2 Å². The summed E-state index contributed by atoms with van der Waals surface area (Å²) in [6.07, 6.45) is 0. The third-order valence-corrected chi connectivity index (χ3v) is 7.44. The molecule has 0 aliphatic carbocycles. The summed E-state index contributed by atoms with van der Waals surface area (Å²) in [7, 11) is -1.76. The van der Waals surface area contributed by atoms with Crippen molar-refractivity contribution < 1.29 is 18.1 Å². The second-order valence-electron chi connectivity index (χ2n) is 6.84. The van der Waals surface area contributed by atoms with E-state index in [4.69, 9.17) is 0 Å². The number of thiophene rings is 1. The second-order valence-corrected chi connectivity index (χ2v) is 9.52. The fraction of sp³-hybridized carbons (Fsp3) is 0.368. The van der Waals surface area contributed by atoms with Gasteiger partial charge in [0, 0.05) is 31.7 Å². The Morgan fingerprint density at radius 1 is 1.21 bits per heavy atom. The molecule has 1 unspecified atom stereocenters. The van der Waals surface area contributed by atoms with Crippen LogP contribution in [-0.4, -0.2) is 63.3 Å². The number of nitrogens with one attached hydrogen (secondary N) is 1. The first-order chi connectivity index (χ1) is 13.4. The highest BCUT2D eigenvalue weighted by molar-refractivity contribution is 7.89. The van der Waals surface area contributed by atoms with Gasteiger partial charge in [0.25, 0.3) is 5.91 Å². The lowest BCUT2D eigenvalue weighted by atomic mass is 10.2. The fourth-order valence-corrected chi connectivity index (χ4v) is 5.51. The molecule has 1 aromatic carbocycles. The Bertz CT molecular complexity index is 959. The number of nitriles is 1. The minimum Gasteiger partial charge on any atom is -0.335 e. The van der Waals surface area contributed by atoms with E-state index in [1.54, 1.807) is 28.4 Å². The van der Waals surface area contributed by atoms with Gasteiger partial charge in [-0.3, -0.25) is 4.79 Å². The SMILES string of the molecule is C[NH+](CC(=O)N1CCN(S(=O)(=O)c2ccccc2C#N)CC1)Cc1ccsc1. The number of carbonyl (C=O) groups is 1. The zero-order valence-corrected chi connectivity index (χ0v) is 17.3. The van der Waals surface area contributed by atoms with Gasteiger partial charge in [-0.15, -0.1) is 0 Å². The molecule has 0 saturated carbocycles. The number of carbonyl (C=O) groups excluding carboxylic acids is 1. The van der Waals surface area contributed by atoms with Crippen molar-refractivity contribution in [2.24, 2.45) is 0 Å². The molecular formula is C19H23N4O3S2+. The lowest BCUT2D eigenvalue weighted by Gasteiger charge is -2.34. The molecule has 0 bridgehead atoms. The molecule has 1 aliphatic rings. The Labute approximate surface area is 169 Å². The Morgan fingerprint density at radius 2 is 1.93 bits per heavy atom. The van der Waals surface area contributed by atoms with E-state index in [1.165, 1.54) is 22.0 Å². The van der Waals surface area contributed by atoms with E-state index in [1.807, 2.05) is 18.5 Å². The third kappa shape index (κ3) is 4.59. The number of sulfonamides is 1. The van der Waals surface area contributed by atoms with Gasteiger partial charge in [0.1, 0.15) is 12.6 Å². The summed E-state index contributed by atoms with van der Waals surface area (Å²) in [5.74, 6) is 0.0298. The summed E-state index contributed by atoms with van der Waals surface area (Å²) >= 11 is 1.64. The minimum absolute atomic E-state index is 0.0252. The first kappa shape index (κ1) is 20.5. The lowest BCUT2D eigenvalue weighted by molar-refractivity contribution is -0.885. The number of benzene rings is 1. The summed E-state index contributed by atoms with van der Waals surface area (Å²) < 4.78 is 27.1. The van der Waals surface area contributed by atoms with Crippen LogP contribution in [0.25, 0.3) is 0 Å². The van der Waals surface area contributed by atoms with Gasteiger partial charge in [-0.05, 0) is 29.0 Å². The van der Waals surface area contributed by atoms with Gasteiger partial charge in [0.15, 0.2) is 6.54 Å². The molecule has 1 N–H and O–H groups in total. The summed E-state index contributed by atoms with van der Waals surface area (Å²) in [6, 6.07) is 10.2. The van der Waals surface area contributed by atoms with Crippen molar-refractivity contribution in [3.63, 3.8) is 0 Å². The predicted molar refractivity (Wildman–Crippen MR) is 106 cm³/mol. The highest BCUT2D eigenvalue weighted by atomic mass is 32.2. The molecule has 148 valence electrons. The summed E-state index contributed by atoms with van der Waals surface area (Å²) in [5, 5.41) is 13.3. The highest BCUT2D eigenvalue weighted by Gasteiger charge is 2.32. The number of nitrogens with zero attached hydrogens (tertiary/aromatic N) is 3. The average Bonchev–Trinajstić information content (AvgIpc) is 3.20. The number of quaternary nitrogens is 1. The van der Waals surface area contributed by atoms with Crippen LogP contribution in [0.5, 0.6) is 0 Å². The van der Waals surface area contributed by atoms with E-state index in [2.05, 4.69) is 11.4 Å². The van der Waals surface area contributed by atoms with Crippen LogP contribution in [0.1, 0.15) is 11.1 Å². The maximum absolute atomic E-state index is 12.9. The van der Waals surface area contributed by atoms with Gasteiger partial charge in [-0.1, -0.05) is 12.1 Å². The van der Waals surface area contributed by atoms with E-state index in [0.29, 0.717) is 19.6 Å². The number of amides is 1.